The fourth-order valence-corrected chi connectivity index (χ4v) is 3.32. The summed E-state index contributed by atoms with van der Waals surface area (Å²) in [5, 5.41) is 5.11. The van der Waals surface area contributed by atoms with E-state index in [2.05, 4.69) is 5.10 Å². The first-order valence-corrected chi connectivity index (χ1v) is 9.38. The lowest BCUT2D eigenvalue weighted by Crippen LogP contribution is -2.38. The number of carbonyl (C=O) groups is 2. The third-order valence-corrected chi connectivity index (χ3v) is 4.65. The number of hydrogen-bond donors (Lipinski definition) is 0. The summed E-state index contributed by atoms with van der Waals surface area (Å²) in [5.74, 6) is -0.694. The summed E-state index contributed by atoms with van der Waals surface area (Å²) < 4.78 is 6.71. The number of fused-ring (bicyclic) bond motifs is 1. The van der Waals surface area contributed by atoms with Crippen LogP contribution >= 0.6 is 0 Å². The molecule has 2 aromatic rings. The Balaban J connectivity index is 1.92. The van der Waals surface area contributed by atoms with E-state index in [4.69, 9.17) is 4.74 Å². The van der Waals surface area contributed by atoms with Crippen LogP contribution in [-0.4, -0.2) is 45.8 Å². The van der Waals surface area contributed by atoms with Crippen molar-refractivity contribution in [3.05, 3.63) is 40.3 Å². The fourth-order valence-electron chi connectivity index (χ4n) is 3.32. The molecule has 7 heteroatoms. The minimum absolute atomic E-state index is 0.0620. The molecule has 144 valence electrons. The van der Waals surface area contributed by atoms with E-state index in [0.717, 1.165) is 12.8 Å². The maximum absolute atomic E-state index is 12.8. The minimum Gasteiger partial charge on any atom is -0.448 e. The first-order chi connectivity index (χ1) is 12.9. The van der Waals surface area contributed by atoms with Gasteiger partial charge in [0.05, 0.1) is 5.39 Å². The van der Waals surface area contributed by atoms with Gasteiger partial charge in [-0.25, -0.2) is 9.48 Å². The van der Waals surface area contributed by atoms with Crippen molar-refractivity contribution in [2.75, 3.05) is 13.1 Å². The molecule has 0 bridgehead atoms. The van der Waals surface area contributed by atoms with Crippen LogP contribution in [0.25, 0.3) is 10.8 Å². The zero-order valence-electron chi connectivity index (χ0n) is 16.0. The van der Waals surface area contributed by atoms with E-state index in [1.807, 2.05) is 13.8 Å². The van der Waals surface area contributed by atoms with Crippen molar-refractivity contribution in [1.29, 1.82) is 0 Å². The third kappa shape index (κ3) is 4.02. The maximum Gasteiger partial charge on any atom is 0.360 e. The van der Waals surface area contributed by atoms with E-state index in [-0.39, 0.29) is 23.1 Å². The van der Waals surface area contributed by atoms with Crippen molar-refractivity contribution in [3.63, 3.8) is 0 Å². The van der Waals surface area contributed by atoms with Gasteiger partial charge in [0.1, 0.15) is 0 Å². The lowest BCUT2D eigenvalue weighted by molar-refractivity contribution is -0.138. The Labute approximate surface area is 157 Å². The van der Waals surface area contributed by atoms with Crippen molar-refractivity contribution in [1.82, 2.24) is 14.7 Å². The molecule has 0 spiro atoms. The average molecular weight is 371 g/mol. The van der Waals surface area contributed by atoms with Gasteiger partial charge in [0.25, 0.3) is 11.5 Å². The summed E-state index contributed by atoms with van der Waals surface area (Å²) in [6, 6.07) is 6.84. The molecule has 1 aliphatic heterocycles. The first kappa shape index (κ1) is 19.1. The second-order valence-corrected chi connectivity index (χ2v) is 7.36. The molecule has 0 aliphatic carbocycles. The summed E-state index contributed by atoms with van der Waals surface area (Å²) in [6.45, 7) is 7.30. The molecular formula is C20H25N3O4. The van der Waals surface area contributed by atoms with Gasteiger partial charge in [0, 0.05) is 25.0 Å². The highest BCUT2D eigenvalue weighted by Crippen LogP contribution is 2.17. The smallest absolute Gasteiger partial charge is 0.360 e. The summed E-state index contributed by atoms with van der Waals surface area (Å²) in [5.41, 5.74) is -0.177. The molecule has 1 aliphatic rings. The average Bonchev–Trinajstić information content (AvgIpc) is 3.17. The van der Waals surface area contributed by atoms with Crippen LogP contribution in [-0.2, 0) is 16.1 Å². The second-order valence-electron chi connectivity index (χ2n) is 7.36. The lowest BCUT2D eigenvalue weighted by Gasteiger charge is -2.20. The molecule has 1 fully saturated rings. The lowest BCUT2D eigenvalue weighted by atomic mass is 10.1. The number of nitrogens with zero attached hydrogens (tertiary/aromatic N) is 3. The number of esters is 1. The molecule has 0 radical (unpaired) electrons. The number of hydrogen-bond acceptors (Lipinski definition) is 5. The number of benzene rings is 1. The highest BCUT2D eigenvalue weighted by atomic mass is 16.5. The molecule has 1 amide bonds. The van der Waals surface area contributed by atoms with Crippen molar-refractivity contribution in [3.8, 4) is 0 Å². The van der Waals surface area contributed by atoms with Crippen LogP contribution in [0.15, 0.2) is 29.1 Å². The third-order valence-electron chi connectivity index (χ3n) is 4.65. The quantitative estimate of drug-likeness (QED) is 0.753. The Bertz CT molecular complexity index is 913. The van der Waals surface area contributed by atoms with Gasteiger partial charge >= 0.3 is 5.97 Å². The van der Waals surface area contributed by atoms with Crippen LogP contribution in [0.3, 0.4) is 0 Å². The van der Waals surface area contributed by atoms with Crippen LogP contribution in [0.4, 0.5) is 0 Å². The van der Waals surface area contributed by atoms with E-state index < -0.39 is 12.1 Å². The van der Waals surface area contributed by atoms with Gasteiger partial charge in [0.15, 0.2) is 11.8 Å². The highest BCUT2D eigenvalue weighted by Gasteiger charge is 2.28. The van der Waals surface area contributed by atoms with Crippen molar-refractivity contribution in [2.45, 2.75) is 46.3 Å². The number of aromatic nitrogens is 2. The van der Waals surface area contributed by atoms with Gasteiger partial charge < -0.3 is 9.64 Å². The summed E-state index contributed by atoms with van der Waals surface area (Å²) in [6.07, 6.45) is 1.05. The number of likely N-dealkylation sites (tertiary alicyclic amines) is 1. The predicted octanol–water partition coefficient (Wildman–Crippen LogP) is 2.22. The molecule has 1 atom stereocenters. The zero-order valence-corrected chi connectivity index (χ0v) is 16.0. The second kappa shape index (κ2) is 7.90. The Morgan fingerprint density at radius 2 is 1.74 bits per heavy atom. The monoisotopic (exact) mass is 371 g/mol. The van der Waals surface area contributed by atoms with Gasteiger partial charge in [-0.15, -0.1) is 0 Å². The van der Waals surface area contributed by atoms with Crippen LogP contribution in [0, 0.1) is 5.92 Å². The van der Waals surface area contributed by atoms with Gasteiger partial charge in [-0.1, -0.05) is 32.0 Å². The molecule has 2 heterocycles. The van der Waals surface area contributed by atoms with E-state index in [9.17, 15) is 14.4 Å². The van der Waals surface area contributed by atoms with Crippen molar-refractivity contribution in [2.24, 2.45) is 5.92 Å². The van der Waals surface area contributed by atoms with Crippen LogP contribution in [0.5, 0.6) is 0 Å². The fraction of sp³-hybridized carbons (Fsp3) is 0.500. The molecule has 1 aromatic heterocycles. The number of ether oxygens (including phenoxy) is 1. The van der Waals surface area contributed by atoms with E-state index in [1.54, 1.807) is 36.1 Å². The number of carbonyl (C=O) groups excluding carboxylic acids is 2. The summed E-state index contributed by atoms with van der Waals surface area (Å²) in [7, 11) is 0. The van der Waals surface area contributed by atoms with E-state index in [1.165, 1.54) is 4.68 Å². The van der Waals surface area contributed by atoms with Crippen LogP contribution in [0.2, 0.25) is 0 Å². The highest BCUT2D eigenvalue weighted by molar-refractivity contribution is 6.02. The minimum atomic E-state index is -0.887. The largest absolute Gasteiger partial charge is 0.448 e. The maximum atomic E-state index is 12.8. The van der Waals surface area contributed by atoms with E-state index in [0.29, 0.717) is 30.4 Å². The molecule has 3 rings (SSSR count). The molecule has 0 saturated carbocycles. The summed E-state index contributed by atoms with van der Waals surface area (Å²) in [4.78, 5) is 39.5. The van der Waals surface area contributed by atoms with Gasteiger partial charge in [-0.2, -0.15) is 5.10 Å². The number of amides is 1. The molecule has 1 saturated heterocycles. The van der Waals surface area contributed by atoms with Gasteiger partial charge in [-0.3, -0.25) is 9.59 Å². The van der Waals surface area contributed by atoms with Gasteiger partial charge in [-0.05, 0) is 31.7 Å². The van der Waals surface area contributed by atoms with Gasteiger partial charge in [0.2, 0.25) is 0 Å². The Morgan fingerprint density at radius 1 is 1.11 bits per heavy atom. The normalized spacial score (nSPS) is 15.3. The Morgan fingerprint density at radius 3 is 2.37 bits per heavy atom. The SMILES string of the molecule is CC(C)Cn1nc(C(=O)O[C@@H](C)C(=O)N2CCCC2)c2ccccc2c1=O. The molecule has 0 unspecified atom stereocenters. The van der Waals surface area contributed by atoms with Crippen LogP contribution < -0.4 is 5.56 Å². The van der Waals surface area contributed by atoms with Crippen molar-refractivity contribution < 1.29 is 14.3 Å². The Kier molecular flexibility index (Phi) is 5.58. The topological polar surface area (TPSA) is 81.5 Å². The zero-order chi connectivity index (χ0) is 19.6. The van der Waals surface area contributed by atoms with E-state index >= 15 is 0 Å². The molecule has 7 nitrogen and oxygen atoms in total. The molecule has 27 heavy (non-hydrogen) atoms. The molecular weight excluding hydrogens is 346 g/mol. The first-order valence-electron chi connectivity index (χ1n) is 9.38. The number of rotatable bonds is 5. The predicted molar refractivity (Wildman–Crippen MR) is 102 cm³/mol. The Hall–Kier alpha value is -2.70. The summed E-state index contributed by atoms with van der Waals surface area (Å²) >= 11 is 0. The molecule has 0 N–H and O–H groups in total. The van der Waals surface area contributed by atoms with Crippen LogP contribution in [0.1, 0.15) is 44.1 Å². The van der Waals surface area contributed by atoms with Crippen molar-refractivity contribution >= 4 is 22.6 Å². The molecule has 1 aromatic carbocycles. The standard InChI is InChI=1S/C20H25N3O4/c1-13(2)12-23-19(25)16-9-5-4-8-15(16)17(21-23)20(26)27-14(3)18(24)22-10-6-7-11-22/h4-5,8-9,13-14H,6-7,10-12H2,1-3H3/t14-/m0/s1.